The molecule has 4 nitrogen and oxygen atoms in total. The molecule has 0 saturated carbocycles. The smallest absolute Gasteiger partial charge is 0.278 e. The van der Waals surface area contributed by atoms with Crippen LogP contribution in [0.3, 0.4) is 0 Å². The first kappa shape index (κ1) is 26.8. The van der Waals surface area contributed by atoms with Crippen molar-refractivity contribution in [3.8, 4) is 29.2 Å². The fourth-order valence-electron chi connectivity index (χ4n) is 2.41. The van der Waals surface area contributed by atoms with Crippen molar-refractivity contribution in [3.05, 3.63) is 53.3 Å². The summed E-state index contributed by atoms with van der Waals surface area (Å²) in [5.41, 5.74) is 3.01. The van der Waals surface area contributed by atoms with Crippen LogP contribution in [0.1, 0.15) is 39.0 Å². The molecule has 1 heterocycles. The van der Waals surface area contributed by atoms with E-state index in [4.69, 9.17) is 11.2 Å². The minimum absolute atomic E-state index is 0. The summed E-state index contributed by atoms with van der Waals surface area (Å²) in [4.78, 5) is 12.8. The molecule has 1 aromatic heterocycles. The standard InChI is InChI=1S/C18H20N2O2.C2H6.CH3.Y/c1-5-12-22-17-15(6-2)19-20(7-3)18(21)16(17)14-11-9-8-10-13(14)4;1-2;;/h1,8-11H,6-7,12H2,2-4H3;1-2H3;1H3;/q;;-1;. The Hall–Kier alpha value is -1.44. The number of hydrogen-bond donors (Lipinski definition) is 0. The van der Waals surface area contributed by atoms with Crippen LogP contribution < -0.4 is 10.3 Å². The third kappa shape index (κ3) is 6.07. The van der Waals surface area contributed by atoms with E-state index in [-0.39, 0.29) is 52.3 Å². The zero-order valence-corrected chi connectivity index (χ0v) is 19.6. The van der Waals surface area contributed by atoms with E-state index < -0.39 is 0 Å². The van der Waals surface area contributed by atoms with Crippen molar-refractivity contribution in [2.75, 3.05) is 6.61 Å². The number of aromatic nitrogens is 2. The summed E-state index contributed by atoms with van der Waals surface area (Å²) in [5.74, 6) is 2.95. The van der Waals surface area contributed by atoms with Gasteiger partial charge in [0.15, 0.2) is 5.75 Å². The van der Waals surface area contributed by atoms with Gasteiger partial charge in [-0.25, -0.2) is 4.68 Å². The van der Waals surface area contributed by atoms with Gasteiger partial charge in [-0.1, -0.05) is 51.0 Å². The van der Waals surface area contributed by atoms with Gasteiger partial charge in [-0.3, -0.25) is 4.79 Å². The van der Waals surface area contributed by atoms with E-state index in [0.717, 1.165) is 16.8 Å². The van der Waals surface area contributed by atoms with Crippen molar-refractivity contribution >= 4 is 0 Å². The Morgan fingerprint density at radius 3 is 2.35 bits per heavy atom. The molecule has 2 aromatic rings. The van der Waals surface area contributed by atoms with Crippen molar-refractivity contribution in [2.45, 2.75) is 47.6 Å². The predicted molar refractivity (Wildman–Crippen MR) is 106 cm³/mol. The van der Waals surface area contributed by atoms with Crippen LogP contribution in [0.4, 0.5) is 0 Å². The first-order valence-corrected chi connectivity index (χ1v) is 8.40. The summed E-state index contributed by atoms with van der Waals surface area (Å²) in [6.45, 7) is 10.5. The van der Waals surface area contributed by atoms with Gasteiger partial charge in [0.05, 0.1) is 5.56 Å². The molecule has 0 N–H and O–H groups in total. The number of rotatable bonds is 5. The molecule has 26 heavy (non-hydrogen) atoms. The van der Waals surface area contributed by atoms with Gasteiger partial charge >= 0.3 is 0 Å². The van der Waals surface area contributed by atoms with Crippen LogP contribution in [0.2, 0.25) is 0 Å². The summed E-state index contributed by atoms with van der Waals surface area (Å²) >= 11 is 0. The third-order valence-electron chi connectivity index (χ3n) is 3.53. The molecular weight excluding hydrogens is 401 g/mol. The molecule has 0 aliphatic carbocycles. The Morgan fingerprint density at radius 2 is 1.85 bits per heavy atom. The first-order valence-electron chi connectivity index (χ1n) is 8.40. The zero-order valence-electron chi connectivity index (χ0n) is 16.8. The minimum Gasteiger partial charge on any atom is -0.478 e. The third-order valence-corrected chi connectivity index (χ3v) is 3.53. The van der Waals surface area contributed by atoms with Gasteiger partial charge in [-0.15, -0.1) is 6.42 Å². The number of benzene rings is 1. The summed E-state index contributed by atoms with van der Waals surface area (Å²) in [5, 5.41) is 4.39. The summed E-state index contributed by atoms with van der Waals surface area (Å²) in [7, 11) is 0. The van der Waals surface area contributed by atoms with Crippen LogP contribution >= 0.6 is 0 Å². The molecule has 139 valence electrons. The van der Waals surface area contributed by atoms with E-state index >= 15 is 0 Å². The van der Waals surface area contributed by atoms with Gasteiger partial charge in [0.1, 0.15) is 12.3 Å². The van der Waals surface area contributed by atoms with Crippen molar-refractivity contribution in [2.24, 2.45) is 0 Å². The number of nitrogens with zero attached hydrogens (tertiary/aromatic N) is 2. The van der Waals surface area contributed by atoms with Gasteiger partial charge in [0.25, 0.3) is 5.56 Å². The maximum atomic E-state index is 12.8. The molecule has 5 heteroatoms. The van der Waals surface area contributed by atoms with Crippen LogP contribution in [0, 0.1) is 26.7 Å². The zero-order chi connectivity index (χ0) is 18.1. The van der Waals surface area contributed by atoms with E-state index in [2.05, 4.69) is 11.0 Å². The summed E-state index contributed by atoms with van der Waals surface area (Å²) in [6, 6.07) is 7.76. The summed E-state index contributed by atoms with van der Waals surface area (Å²) in [6.07, 6.45) is 5.97. The minimum atomic E-state index is -0.152. The van der Waals surface area contributed by atoms with Gasteiger partial charge < -0.3 is 12.2 Å². The van der Waals surface area contributed by atoms with E-state index in [1.807, 2.05) is 58.9 Å². The van der Waals surface area contributed by atoms with Crippen molar-refractivity contribution in [1.82, 2.24) is 9.78 Å². The molecule has 0 fully saturated rings. The Balaban J connectivity index is 0. The van der Waals surface area contributed by atoms with Gasteiger partial charge in [0.2, 0.25) is 0 Å². The molecule has 0 unspecified atom stereocenters. The van der Waals surface area contributed by atoms with Crippen LogP contribution in [-0.4, -0.2) is 16.4 Å². The molecule has 0 amide bonds. The summed E-state index contributed by atoms with van der Waals surface area (Å²) < 4.78 is 7.16. The van der Waals surface area contributed by atoms with Crippen molar-refractivity contribution < 1.29 is 37.4 Å². The number of ether oxygens (including phenoxy) is 1. The first-order chi connectivity index (χ1) is 11.6. The second-order valence-corrected chi connectivity index (χ2v) is 4.93. The van der Waals surface area contributed by atoms with E-state index in [9.17, 15) is 4.79 Å². The van der Waals surface area contributed by atoms with Gasteiger partial charge in [0, 0.05) is 39.3 Å². The maximum absolute atomic E-state index is 12.8. The molecule has 0 aliphatic heterocycles. The van der Waals surface area contributed by atoms with E-state index in [1.54, 1.807) is 0 Å². The quantitative estimate of drug-likeness (QED) is 0.525. The fourth-order valence-corrected chi connectivity index (χ4v) is 2.41. The van der Waals surface area contributed by atoms with Crippen LogP contribution in [-0.2, 0) is 45.7 Å². The Kier molecular flexibility index (Phi) is 14.1. The van der Waals surface area contributed by atoms with Crippen molar-refractivity contribution in [3.63, 3.8) is 0 Å². The van der Waals surface area contributed by atoms with E-state index in [1.165, 1.54) is 4.68 Å². The van der Waals surface area contributed by atoms with Crippen molar-refractivity contribution in [1.29, 1.82) is 0 Å². The largest absolute Gasteiger partial charge is 0.478 e. The molecule has 1 radical (unpaired) electrons. The molecule has 0 bridgehead atoms. The molecular formula is C21H29N2O2Y-. The topological polar surface area (TPSA) is 44.1 Å². The molecule has 0 aliphatic rings. The predicted octanol–water partition coefficient (Wildman–Crippen LogP) is 4.29. The van der Waals surface area contributed by atoms with Gasteiger partial charge in [-0.05, 0) is 31.4 Å². The number of terminal acetylenes is 1. The SMILES string of the molecule is C#CCOc1c(CC)nn(CC)c(=O)c1-c1ccccc1C.CC.[CH3-].[Y]. The molecule has 1 aromatic carbocycles. The molecule has 0 atom stereocenters. The second kappa shape index (κ2) is 13.7. The Labute approximate surface area is 183 Å². The van der Waals surface area contributed by atoms with Crippen LogP contribution in [0.5, 0.6) is 5.75 Å². The van der Waals surface area contributed by atoms with Crippen LogP contribution in [0.15, 0.2) is 29.1 Å². The average molecular weight is 430 g/mol. The Morgan fingerprint density at radius 1 is 1.23 bits per heavy atom. The normalized spacial score (nSPS) is 8.92. The molecule has 2 rings (SSSR count). The maximum Gasteiger partial charge on any atom is 0.278 e. The Bertz CT molecular complexity index is 777. The van der Waals surface area contributed by atoms with Gasteiger partial charge in [-0.2, -0.15) is 5.10 Å². The fraction of sp³-hybridized carbons (Fsp3) is 0.381. The van der Waals surface area contributed by atoms with Crippen LogP contribution in [0.25, 0.3) is 11.1 Å². The second-order valence-electron chi connectivity index (χ2n) is 4.93. The van der Waals surface area contributed by atoms with E-state index in [0.29, 0.717) is 24.3 Å². The average Bonchev–Trinajstić information content (AvgIpc) is 2.62. The molecule has 0 saturated heterocycles. The molecule has 0 spiro atoms. The number of aryl methyl sites for hydroxylation is 3. The monoisotopic (exact) mass is 430 g/mol. The number of hydrogen-bond acceptors (Lipinski definition) is 3.